The summed E-state index contributed by atoms with van der Waals surface area (Å²) in [5.41, 5.74) is 4.47. The van der Waals surface area contributed by atoms with Gasteiger partial charge in [-0.15, -0.1) is 0 Å². The molecule has 4 aromatic carbocycles. The van der Waals surface area contributed by atoms with Gasteiger partial charge in [0.15, 0.2) is 23.0 Å². The summed E-state index contributed by atoms with van der Waals surface area (Å²) < 4.78 is 11.6. The fraction of sp³-hybridized carbons (Fsp3) is 0.418. The van der Waals surface area contributed by atoms with Crippen LogP contribution < -0.4 is 20.1 Å². The van der Waals surface area contributed by atoms with Gasteiger partial charge in [-0.3, -0.25) is 4.79 Å². The molecule has 2 aromatic heterocycles. The number of nitrogens with zero attached hydrogens (tertiary/aromatic N) is 1. The predicted octanol–water partition coefficient (Wildman–Crippen LogP) is 10.3. The van der Waals surface area contributed by atoms with Crippen LogP contribution in [0.4, 0.5) is 11.5 Å². The van der Waals surface area contributed by atoms with Crippen molar-refractivity contribution < 1.29 is 39.8 Å². The lowest BCUT2D eigenvalue weighted by Gasteiger charge is -2.45. The molecule has 12 nitrogen and oxygen atoms in total. The maximum atomic E-state index is 16.1. The standard InChI is InChI=1S/C55H66N4O8/c1-33(2)8-7-23-67-50-29-37(28-48(64)54(50)65)36-25-38(32-56-3)52-43-15-14-42(60)26-35(43)13-16-44(52)59-51-31-40(19-22-58-51)55(20-5-9-39(55)30-41-10-6-21-57-41)53(47(63)27-36)46(62)18-12-34-11-17-45(61)49(24-34)66-4/h6,10-11,13-17,19,21-22,24,26,28-29,31,33,36,38-39,46,53,56-57,60-62,64-65H,5,7-9,12,18,20,23,25,27,30,32H2,1-4H3,(H,58,59). The molecule has 8 rings (SSSR count). The minimum Gasteiger partial charge on any atom is -0.508 e. The van der Waals surface area contributed by atoms with E-state index in [0.717, 1.165) is 64.5 Å². The van der Waals surface area contributed by atoms with Gasteiger partial charge in [0.05, 0.1) is 25.7 Å². The van der Waals surface area contributed by atoms with E-state index in [0.29, 0.717) is 61.9 Å². The van der Waals surface area contributed by atoms with Gasteiger partial charge in [0, 0.05) is 42.2 Å². The molecule has 6 unspecified atom stereocenters. The van der Waals surface area contributed by atoms with Crippen molar-refractivity contribution in [3.05, 3.63) is 125 Å². The Morgan fingerprint density at radius 2 is 1.79 bits per heavy atom. The predicted molar refractivity (Wildman–Crippen MR) is 262 cm³/mol. The third-order valence-electron chi connectivity index (χ3n) is 14.5. The first-order valence-electron chi connectivity index (χ1n) is 23.9. The van der Waals surface area contributed by atoms with E-state index in [1.165, 1.54) is 7.11 Å². The summed E-state index contributed by atoms with van der Waals surface area (Å²) in [6.45, 7) is 5.15. The Balaban J connectivity index is 1.32. The lowest BCUT2D eigenvalue weighted by molar-refractivity contribution is -0.132. The fourth-order valence-electron chi connectivity index (χ4n) is 11.4. The normalized spacial score (nSPS) is 21.3. The molecule has 0 radical (unpaired) electrons. The van der Waals surface area contributed by atoms with Gasteiger partial charge in [0.2, 0.25) is 5.75 Å². The van der Waals surface area contributed by atoms with Gasteiger partial charge in [-0.2, -0.15) is 0 Å². The maximum Gasteiger partial charge on any atom is 0.200 e. The number of H-pyrrole nitrogens is 1. The zero-order valence-corrected chi connectivity index (χ0v) is 39.1. The SMILES string of the molecule is CNCC1CC(c2cc(O)c(O)c(OCCCC(C)C)c2)CC(=O)C(C(O)CCc2ccc(O)c(OC)c2)C2(CCCC2Cc2ccc[nH]2)c2ccnc(c2)Nc2ccc3cc(O)ccc3c21. The van der Waals surface area contributed by atoms with E-state index in [1.807, 2.05) is 49.6 Å². The third-order valence-corrected chi connectivity index (χ3v) is 14.5. The highest BCUT2D eigenvalue weighted by atomic mass is 16.5. The van der Waals surface area contributed by atoms with Crippen molar-refractivity contribution in [1.82, 2.24) is 15.3 Å². The van der Waals surface area contributed by atoms with Crippen molar-refractivity contribution in [2.45, 2.75) is 101 Å². The van der Waals surface area contributed by atoms with Gasteiger partial charge in [0.1, 0.15) is 17.4 Å². The number of aryl methyl sites for hydroxylation is 1. The Bertz CT molecular complexity index is 2650. The summed E-state index contributed by atoms with van der Waals surface area (Å²) in [6.07, 6.45) is 8.50. The van der Waals surface area contributed by atoms with Crippen LogP contribution in [0.1, 0.15) is 105 Å². The van der Waals surface area contributed by atoms with Crippen LogP contribution in [-0.4, -0.2) is 74.7 Å². The number of rotatable bonds is 15. The van der Waals surface area contributed by atoms with E-state index in [4.69, 9.17) is 14.5 Å². The monoisotopic (exact) mass is 910 g/mol. The Morgan fingerprint density at radius 1 is 0.940 bits per heavy atom. The first-order valence-corrected chi connectivity index (χ1v) is 23.9. The number of aliphatic hydroxyl groups excluding tert-OH is 1. The van der Waals surface area contributed by atoms with Crippen molar-refractivity contribution in [3.63, 3.8) is 0 Å². The molecule has 6 aromatic rings. The van der Waals surface area contributed by atoms with Gasteiger partial charge in [0.25, 0.3) is 0 Å². The van der Waals surface area contributed by atoms with Crippen LogP contribution >= 0.6 is 0 Å². The van der Waals surface area contributed by atoms with Crippen LogP contribution in [0, 0.1) is 17.8 Å². The van der Waals surface area contributed by atoms with Crippen LogP contribution in [0.25, 0.3) is 10.8 Å². The zero-order chi connectivity index (χ0) is 47.2. The number of phenolic OH excluding ortho intramolecular Hbond substituents is 4. The molecule has 1 spiro atoms. The Hall–Kier alpha value is -6.24. The number of anilines is 2. The van der Waals surface area contributed by atoms with Crippen molar-refractivity contribution in [3.8, 4) is 34.5 Å². The third kappa shape index (κ3) is 10.2. The van der Waals surface area contributed by atoms with E-state index in [9.17, 15) is 25.5 Å². The number of phenols is 4. The van der Waals surface area contributed by atoms with Gasteiger partial charge in [-0.1, -0.05) is 38.5 Å². The molecule has 1 aliphatic carbocycles. The number of aromatic nitrogens is 2. The molecular weight excluding hydrogens is 845 g/mol. The summed E-state index contributed by atoms with van der Waals surface area (Å²) in [7, 11) is 3.40. The van der Waals surface area contributed by atoms with Crippen molar-refractivity contribution in [2.75, 3.05) is 32.6 Å². The van der Waals surface area contributed by atoms with Gasteiger partial charge in [-0.25, -0.2) is 4.98 Å². The van der Waals surface area contributed by atoms with E-state index >= 15 is 4.79 Å². The van der Waals surface area contributed by atoms with Crippen LogP contribution in [0.2, 0.25) is 0 Å². The highest BCUT2D eigenvalue weighted by molar-refractivity contribution is 5.93. The topological polar surface area (TPSA) is 189 Å². The highest BCUT2D eigenvalue weighted by Gasteiger charge is 2.55. The number of carbonyl (C=O) groups excluding carboxylic acids is 1. The van der Waals surface area contributed by atoms with Crippen molar-refractivity contribution >= 4 is 28.1 Å². The molecule has 2 bridgehead atoms. The molecule has 1 fully saturated rings. The minimum atomic E-state index is -1.08. The fourth-order valence-corrected chi connectivity index (χ4v) is 11.4. The number of carbonyl (C=O) groups is 1. The summed E-state index contributed by atoms with van der Waals surface area (Å²) in [4.78, 5) is 24.4. The second-order valence-electron chi connectivity index (χ2n) is 19.2. The van der Waals surface area contributed by atoms with E-state index in [1.54, 1.807) is 42.6 Å². The molecule has 0 saturated heterocycles. The van der Waals surface area contributed by atoms with Crippen molar-refractivity contribution in [2.24, 2.45) is 17.8 Å². The largest absolute Gasteiger partial charge is 0.508 e. The summed E-state index contributed by atoms with van der Waals surface area (Å²) in [5.74, 6) is -0.671. The number of likely N-dealkylation sites (N-methyl/N-ethyl adjacent to an activating group) is 1. The quantitative estimate of drug-likeness (QED) is 0.0362. The molecule has 354 valence electrons. The number of aromatic amines is 1. The number of hydrogen-bond acceptors (Lipinski definition) is 11. The molecular formula is C55H66N4O8. The average molecular weight is 911 g/mol. The molecule has 8 N–H and O–H groups in total. The number of pyridine rings is 1. The van der Waals surface area contributed by atoms with Gasteiger partial charge in [-0.05, 0) is 182 Å². The number of aliphatic hydroxyl groups is 1. The summed E-state index contributed by atoms with van der Waals surface area (Å²) in [5, 5.41) is 65.5. The molecule has 67 heavy (non-hydrogen) atoms. The first-order chi connectivity index (χ1) is 32.4. The second kappa shape index (κ2) is 20.7. The molecule has 3 heterocycles. The minimum absolute atomic E-state index is 0.0230. The Labute approximate surface area is 393 Å². The number of nitrogens with one attached hydrogen (secondary N) is 3. The highest BCUT2D eigenvalue weighted by Crippen LogP contribution is 2.55. The number of fused-ring (bicyclic) bond motifs is 6. The Kier molecular flexibility index (Phi) is 14.6. The summed E-state index contributed by atoms with van der Waals surface area (Å²) in [6, 6.07) is 26.0. The number of Topliss-reactive ketones (excluding diaryl/α,β-unsaturated/α-hetero) is 1. The van der Waals surface area contributed by atoms with Crippen LogP contribution in [0.3, 0.4) is 0 Å². The van der Waals surface area contributed by atoms with Gasteiger partial charge < -0.3 is 50.6 Å². The lowest BCUT2D eigenvalue weighted by Crippen LogP contribution is -2.50. The molecule has 1 saturated carbocycles. The summed E-state index contributed by atoms with van der Waals surface area (Å²) >= 11 is 0. The van der Waals surface area contributed by atoms with Crippen LogP contribution in [0.15, 0.2) is 97.3 Å². The molecule has 2 aliphatic rings. The zero-order valence-electron chi connectivity index (χ0n) is 39.1. The molecule has 1 aliphatic heterocycles. The first kappa shape index (κ1) is 47.3. The smallest absolute Gasteiger partial charge is 0.200 e. The molecule has 6 atom stereocenters. The van der Waals surface area contributed by atoms with Crippen molar-refractivity contribution in [1.29, 1.82) is 0 Å². The Morgan fingerprint density at radius 3 is 2.57 bits per heavy atom. The number of benzene rings is 4. The molecule has 12 heteroatoms. The van der Waals surface area contributed by atoms with Gasteiger partial charge >= 0.3 is 0 Å². The second-order valence-corrected chi connectivity index (χ2v) is 19.2. The van der Waals surface area contributed by atoms with Crippen LogP contribution in [-0.2, 0) is 23.1 Å². The van der Waals surface area contributed by atoms with E-state index in [2.05, 4.69) is 41.6 Å². The number of hydrogen-bond donors (Lipinski definition) is 8. The van der Waals surface area contributed by atoms with E-state index in [-0.39, 0.29) is 59.2 Å². The lowest BCUT2D eigenvalue weighted by atomic mass is 9.58. The number of aromatic hydroxyl groups is 4. The number of ketones is 1. The maximum absolute atomic E-state index is 16.1. The number of methoxy groups -OCH3 is 1. The van der Waals surface area contributed by atoms with Crippen LogP contribution in [0.5, 0.6) is 34.5 Å². The van der Waals surface area contributed by atoms with E-state index < -0.39 is 23.4 Å². The molecule has 0 amide bonds. The number of ether oxygens (including phenoxy) is 2. The average Bonchev–Trinajstić information content (AvgIpc) is 3.99.